The summed E-state index contributed by atoms with van der Waals surface area (Å²) in [5, 5.41) is 3.12. The van der Waals surface area contributed by atoms with E-state index in [1.54, 1.807) is 42.5 Å². The summed E-state index contributed by atoms with van der Waals surface area (Å²) in [4.78, 5) is 23.6. The molecule has 0 aromatic heterocycles. The van der Waals surface area contributed by atoms with Crippen LogP contribution in [0.25, 0.3) is 0 Å². The molecule has 114 valence electrons. The molecule has 0 heterocycles. The van der Waals surface area contributed by atoms with Crippen LogP contribution in [0.3, 0.4) is 0 Å². The molecule has 0 bridgehead atoms. The first-order valence-electron chi connectivity index (χ1n) is 6.14. The van der Waals surface area contributed by atoms with Gasteiger partial charge in [0.1, 0.15) is 0 Å². The van der Waals surface area contributed by atoms with Crippen LogP contribution in [0.1, 0.15) is 10.4 Å². The number of carbonyl (C=O) groups excluding carboxylic acids is 2. The number of rotatable bonds is 4. The first-order chi connectivity index (χ1) is 10.5. The maximum Gasteiger partial charge on any atom is 0.338 e. The third-order valence-electron chi connectivity index (χ3n) is 2.62. The minimum atomic E-state index is -0.596. The highest BCUT2D eigenvalue weighted by Gasteiger charge is 2.13. The molecule has 0 aliphatic rings. The Kier molecular flexibility index (Phi) is 5.83. The highest BCUT2D eigenvalue weighted by Crippen LogP contribution is 2.29. The molecule has 2 aromatic rings. The summed E-state index contributed by atoms with van der Waals surface area (Å²) in [5.74, 6) is -1.12. The molecular formula is C15H10BrCl2NO3. The Hall–Kier alpha value is -1.56. The van der Waals surface area contributed by atoms with Crippen molar-refractivity contribution in [3.05, 3.63) is 62.5 Å². The molecule has 0 saturated carbocycles. The normalized spacial score (nSPS) is 10.1. The van der Waals surface area contributed by atoms with Crippen molar-refractivity contribution in [3.8, 4) is 0 Å². The second-order valence-electron chi connectivity index (χ2n) is 4.23. The number of hydrogen-bond acceptors (Lipinski definition) is 3. The first kappa shape index (κ1) is 16.8. The molecule has 2 aromatic carbocycles. The molecular weight excluding hydrogens is 393 g/mol. The van der Waals surface area contributed by atoms with E-state index in [4.69, 9.17) is 27.9 Å². The molecule has 7 heteroatoms. The molecule has 2 rings (SSSR count). The summed E-state index contributed by atoms with van der Waals surface area (Å²) >= 11 is 15.1. The zero-order chi connectivity index (χ0) is 16.1. The molecule has 0 atom stereocenters. The zero-order valence-corrected chi connectivity index (χ0v) is 14.2. The minimum Gasteiger partial charge on any atom is -0.452 e. The van der Waals surface area contributed by atoms with Crippen LogP contribution in [0.15, 0.2) is 46.9 Å². The molecule has 4 nitrogen and oxygen atoms in total. The monoisotopic (exact) mass is 401 g/mol. The Labute approximate surface area is 145 Å². The summed E-state index contributed by atoms with van der Waals surface area (Å²) in [6.45, 7) is -0.438. The predicted molar refractivity (Wildman–Crippen MR) is 89.5 cm³/mol. The molecule has 1 N–H and O–H groups in total. The Morgan fingerprint density at radius 2 is 1.73 bits per heavy atom. The van der Waals surface area contributed by atoms with Crippen molar-refractivity contribution in [1.29, 1.82) is 0 Å². The van der Waals surface area contributed by atoms with Gasteiger partial charge in [0.2, 0.25) is 0 Å². The maximum atomic E-state index is 11.8. The smallest absolute Gasteiger partial charge is 0.338 e. The molecule has 0 fully saturated rings. The summed E-state index contributed by atoms with van der Waals surface area (Å²) in [6, 6.07) is 11.5. The van der Waals surface area contributed by atoms with Gasteiger partial charge in [-0.25, -0.2) is 4.79 Å². The molecule has 0 aliphatic carbocycles. The number of esters is 1. The number of ether oxygens (including phenoxy) is 1. The maximum absolute atomic E-state index is 11.8. The standard InChI is InChI=1S/C15H10BrCl2NO3/c16-10-4-1-3-9(7-10)15(21)22-8-13(20)19-14-11(17)5-2-6-12(14)18/h1-7H,8H2,(H,19,20). The van der Waals surface area contributed by atoms with Crippen LogP contribution in [-0.2, 0) is 9.53 Å². The lowest BCUT2D eigenvalue weighted by atomic mass is 10.2. The quantitative estimate of drug-likeness (QED) is 0.763. The van der Waals surface area contributed by atoms with E-state index in [1.165, 1.54) is 0 Å². The van der Waals surface area contributed by atoms with Gasteiger partial charge in [-0.15, -0.1) is 0 Å². The number of para-hydroxylation sites is 1. The number of anilines is 1. The Bertz CT molecular complexity index is 701. The van der Waals surface area contributed by atoms with Crippen LogP contribution >= 0.6 is 39.1 Å². The number of halogens is 3. The Balaban J connectivity index is 1.94. The van der Waals surface area contributed by atoms with Crippen LogP contribution in [0.5, 0.6) is 0 Å². The first-order valence-corrected chi connectivity index (χ1v) is 7.69. The second kappa shape index (κ2) is 7.63. The highest BCUT2D eigenvalue weighted by atomic mass is 79.9. The van der Waals surface area contributed by atoms with Crippen molar-refractivity contribution in [1.82, 2.24) is 0 Å². The van der Waals surface area contributed by atoms with Gasteiger partial charge in [0.05, 0.1) is 21.3 Å². The third kappa shape index (κ3) is 4.47. The van der Waals surface area contributed by atoms with E-state index < -0.39 is 18.5 Å². The van der Waals surface area contributed by atoms with Crippen LogP contribution in [0.2, 0.25) is 10.0 Å². The highest BCUT2D eigenvalue weighted by molar-refractivity contribution is 9.10. The third-order valence-corrected chi connectivity index (χ3v) is 3.75. The van der Waals surface area contributed by atoms with E-state index in [9.17, 15) is 9.59 Å². The summed E-state index contributed by atoms with van der Waals surface area (Å²) < 4.78 is 5.68. The SMILES string of the molecule is O=C(COC(=O)c1cccc(Br)c1)Nc1c(Cl)cccc1Cl. The predicted octanol–water partition coefficient (Wildman–Crippen LogP) is 4.55. The van der Waals surface area contributed by atoms with Gasteiger partial charge in [-0.3, -0.25) is 4.79 Å². The average molecular weight is 403 g/mol. The number of hydrogen-bond donors (Lipinski definition) is 1. The van der Waals surface area contributed by atoms with E-state index >= 15 is 0 Å². The van der Waals surface area contributed by atoms with Gasteiger partial charge in [-0.2, -0.15) is 0 Å². The Morgan fingerprint density at radius 3 is 2.36 bits per heavy atom. The lowest BCUT2D eigenvalue weighted by Gasteiger charge is -2.09. The molecule has 0 aliphatic heterocycles. The van der Waals surface area contributed by atoms with Gasteiger partial charge < -0.3 is 10.1 Å². The van der Waals surface area contributed by atoms with E-state index in [0.29, 0.717) is 15.6 Å². The van der Waals surface area contributed by atoms with Crippen molar-refractivity contribution < 1.29 is 14.3 Å². The lowest BCUT2D eigenvalue weighted by Crippen LogP contribution is -2.21. The second-order valence-corrected chi connectivity index (χ2v) is 5.96. The molecule has 0 unspecified atom stereocenters. The zero-order valence-electron chi connectivity index (χ0n) is 11.1. The van der Waals surface area contributed by atoms with Gasteiger partial charge in [-0.05, 0) is 30.3 Å². The lowest BCUT2D eigenvalue weighted by molar-refractivity contribution is -0.119. The molecule has 1 amide bonds. The van der Waals surface area contributed by atoms with E-state index in [2.05, 4.69) is 21.2 Å². The largest absolute Gasteiger partial charge is 0.452 e. The van der Waals surface area contributed by atoms with E-state index in [0.717, 1.165) is 4.47 Å². The van der Waals surface area contributed by atoms with Crippen molar-refractivity contribution in [2.45, 2.75) is 0 Å². The fourth-order valence-electron chi connectivity index (χ4n) is 1.62. The van der Waals surface area contributed by atoms with Gasteiger partial charge in [0, 0.05) is 4.47 Å². The van der Waals surface area contributed by atoms with E-state index in [-0.39, 0.29) is 5.69 Å². The van der Waals surface area contributed by atoms with Crippen molar-refractivity contribution >= 4 is 56.7 Å². The summed E-state index contributed by atoms with van der Waals surface area (Å²) in [6.07, 6.45) is 0. The molecule has 0 spiro atoms. The van der Waals surface area contributed by atoms with Crippen molar-refractivity contribution in [3.63, 3.8) is 0 Å². The number of carbonyl (C=O) groups is 2. The fraction of sp³-hybridized carbons (Fsp3) is 0.0667. The fourth-order valence-corrected chi connectivity index (χ4v) is 2.51. The van der Waals surface area contributed by atoms with Gasteiger partial charge in [0.25, 0.3) is 5.91 Å². The van der Waals surface area contributed by atoms with Crippen LogP contribution in [0.4, 0.5) is 5.69 Å². The summed E-state index contributed by atoms with van der Waals surface area (Å²) in [7, 11) is 0. The van der Waals surface area contributed by atoms with Gasteiger partial charge in [0.15, 0.2) is 6.61 Å². The summed E-state index contributed by atoms with van der Waals surface area (Å²) in [5.41, 5.74) is 0.632. The number of benzene rings is 2. The molecule has 0 saturated heterocycles. The van der Waals surface area contributed by atoms with Crippen molar-refractivity contribution in [2.24, 2.45) is 0 Å². The van der Waals surface area contributed by atoms with Crippen LogP contribution < -0.4 is 5.32 Å². The van der Waals surface area contributed by atoms with Crippen molar-refractivity contribution in [2.75, 3.05) is 11.9 Å². The van der Waals surface area contributed by atoms with Crippen LogP contribution in [-0.4, -0.2) is 18.5 Å². The van der Waals surface area contributed by atoms with Gasteiger partial charge in [-0.1, -0.05) is 51.3 Å². The molecule has 0 radical (unpaired) electrons. The van der Waals surface area contributed by atoms with Gasteiger partial charge >= 0.3 is 5.97 Å². The molecule has 22 heavy (non-hydrogen) atoms. The average Bonchev–Trinajstić information content (AvgIpc) is 2.48. The van der Waals surface area contributed by atoms with Crippen LogP contribution in [0, 0.1) is 0 Å². The Morgan fingerprint density at radius 1 is 1.09 bits per heavy atom. The number of amides is 1. The number of nitrogens with one attached hydrogen (secondary N) is 1. The topological polar surface area (TPSA) is 55.4 Å². The van der Waals surface area contributed by atoms with E-state index in [1.807, 2.05) is 0 Å². The minimum absolute atomic E-state index is 0.286.